The van der Waals surface area contributed by atoms with Gasteiger partial charge >= 0.3 is 0 Å². The number of hydrogen-bond donors (Lipinski definition) is 0. The van der Waals surface area contributed by atoms with Crippen LogP contribution in [0.3, 0.4) is 0 Å². The first-order chi connectivity index (χ1) is 4.79. The van der Waals surface area contributed by atoms with Gasteiger partial charge in [0.05, 0.1) is 0 Å². The van der Waals surface area contributed by atoms with E-state index in [1.807, 2.05) is 12.3 Å². The first kappa shape index (κ1) is 9.31. The van der Waals surface area contributed by atoms with Gasteiger partial charge in [0.2, 0.25) is 0 Å². The minimum atomic E-state index is 1.04. The molecule has 0 aliphatic rings. The zero-order valence-corrected chi connectivity index (χ0v) is 7.08. The van der Waals surface area contributed by atoms with Gasteiger partial charge in [0.1, 0.15) is 0 Å². The summed E-state index contributed by atoms with van der Waals surface area (Å²) in [7, 11) is 0. The minimum absolute atomic E-state index is 1.04. The predicted octanol–water partition coefficient (Wildman–Crippen LogP) is 3.16. The van der Waals surface area contributed by atoms with E-state index in [1.165, 1.54) is 0 Å². The first-order valence-corrected chi connectivity index (χ1v) is 4.18. The predicted molar refractivity (Wildman–Crippen MR) is 51.1 cm³/mol. The maximum absolute atomic E-state index is 3.67. The third-order valence-electron chi connectivity index (χ3n) is 1.13. The molecule has 54 valence electrons. The van der Waals surface area contributed by atoms with Gasteiger partial charge in [-0.05, 0) is 11.8 Å². The summed E-state index contributed by atoms with van der Waals surface area (Å²) < 4.78 is 0. The summed E-state index contributed by atoms with van der Waals surface area (Å²) in [6.07, 6.45) is 7.37. The van der Waals surface area contributed by atoms with Crippen molar-refractivity contribution in [2.75, 3.05) is 6.26 Å². The number of hydrogen-bond acceptors (Lipinski definition) is 1. The monoisotopic (exact) mass is 152 g/mol. The average molecular weight is 152 g/mol. The largest absolute Gasteiger partial charge is 0.129 e. The van der Waals surface area contributed by atoms with Crippen LogP contribution in [-0.4, -0.2) is 6.26 Å². The van der Waals surface area contributed by atoms with Crippen molar-refractivity contribution in [2.24, 2.45) is 0 Å². The molecule has 0 rings (SSSR count). The lowest BCUT2D eigenvalue weighted by Gasteiger charge is -1.98. The molecule has 0 aromatic rings. The van der Waals surface area contributed by atoms with Crippen LogP contribution in [-0.2, 0) is 0 Å². The Morgan fingerprint density at radius 1 is 1.10 bits per heavy atom. The van der Waals surface area contributed by atoms with E-state index >= 15 is 0 Å². The summed E-state index contributed by atoms with van der Waals surface area (Å²) in [5.74, 6) is 0. The normalized spacial score (nSPS) is 8.10. The summed E-state index contributed by atoms with van der Waals surface area (Å²) in [6.45, 7) is 11.0. The summed E-state index contributed by atoms with van der Waals surface area (Å²) in [5, 5.41) is 0. The highest BCUT2D eigenvalue weighted by atomic mass is 32.2. The SMILES string of the molecule is C=CC(C=C)=C(C=C)SC. The smallest absolute Gasteiger partial charge is 0.0135 e. The van der Waals surface area contributed by atoms with Crippen molar-refractivity contribution in [1.29, 1.82) is 0 Å². The van der Waals surface area contributed by atoms with E-state index in [0.29, 0.717) is 0 Å². The van der Waals surface area contributed by atoms with Gasteiger partial charge in [-0.25, -0.2) is 0 Å². The molecule has 0 aliphatic carbocycles. The van der Waals surface area contributed by atoms with E-state index < -0.39 is 0 Å². The molecule has 0 spiro atoms. The maximum Gasteiger partial charge on any atom is 0.0135 e. The van der Waals surface area contributed by atoms with Crippen LogP contribution < -0.4 is 0 Å². The fraction of sp³-hybridized carbons (Fsp3) is 0.111. The Labute approximate surface area is 67.0 Å². The maximum atomic E-state index is 3.67. The van der Waals surface area contributed by atoms with Crippen LogP contribution >= 0.6 is 11.8 Å². The molecule has 0 bridgehead atoms. The second-order valence-corrected chi connectivity index (χ2v) is 2.48. The lowest BCUT2D eigenvalue weighted by Crippen LogP contribution is -1.75. The van der Waals surface area contributed by atoms with E-state index in [0.717, 1.165) is 10.5 Å². The van der Waals surface area contributed by atoms with Crippen molar-refractivity contribution in [3.8, 4) is 0 Å². The molecule has 0 aromatic heterocycles. The Morgan fingerprint density at radius 3 is 1.70 bits per heavy atom. The fourth-order valence-corrected chi connectivity index (χ4v) is 1.17. The molecule has 0 aromatic carbocycles. The summed E-state index contributed by atoms with van der Waals surface area (Å²) in [5.41, 5.74) is 1.04. The molecule has 1 heteroatoms. The highest BCUT2D eigenvalue weighted by molar-refractivity contribution is 8.02. The van der Waals surface area contributed by atoms with Crippen LogP contribution in [0, 0.1) is 0 Å². The Morgan fingerprint density at radius 2 is 1.60 bits per heavy atom. The highest BCUT2D eigenvalue weighted by Crippen LogP contribution is 2.18. The van der Waals surface area contributed by atoms with Gasteiger partial charge in [-0.15, -0.1) is 11.8 Å². The van der Waals surface area contributed by atoms with Crippen molar-refractivity contribution >= 4 is 11.8 Å². The number of rotatable bonds is 4. The topological polar surface area (TPSA) is 0 Å². The lowest BCUT2D eigenvalue weighted by atomic mass is 10.2. The molecule has 0 amide bonds. The van der Waals surface area contributed by atoms with Gasteiger partial charge < -0.3 is 0 Å². The van der Waals surface area contributed by atoms with Crippen molar-refractivity contribution in [2.45, 2.75) is 0 Å². The molecular weight excluding hydrogens is 140 g/mol. The molecule has 0 aliphatic heterocycles. The molecule has 0 heterocycles. The van der Waals surface area contributed by atoms with Gasteiger partial charge in [0.25, 0.3) is 0 Å². The average Bonchev–Trinajstić information content (AvgIpc) is 2.00. The summed E-state index contributed by atoms with van der Waals surface area (Å²) in [6, 6.07) is 0. The first-order valence-electron chi connectivity index (χ1n) is 2.95. The Hall–Kier alpha value is -0.690. The van der Waals surface area contributed by atoms with Crippen LogP contribution in [0.2, 0.25) is 0 Å². The van der Waals surface area contributed by atoms with Crippen LogP contribution in [0.4, 0.5) is 0 Å². The second kappa shape index (κ2) is 5.12. The zero-order valence-electron chi connectivity index (χ0n) is 6.26. The second-order valence-electron chi connectivity index (χ2n) is 1.64. The van der Waals surface area contributed by atoms with Crippen molar-refractivity contribution < 1.29 is 0 Å². The third-order valence-corrected chi connectivity index (χ3v) is 1.97. The number of thioether (sulfide) groups is 1. The number of allylic oxidation sites excluding steroid dienone is 4. The molecule has 0 saturated carbocycles. The Balaban J connectivity index is 4.67. The van der Waals surface area contributed by atoms with Gasteiger partial charge in [0, 0.05) is 4.91 Å². The quantitative estimate of drug-likeness (QED) is 0.558. The van der Waals surface area contributed by atoms with Crippen LogP contribution in [0.5, 0.6) is 0 Å². The molecule has 0 fully saturated rings. The molecule has 0 saturated heterocycles. The summed E-state index contributed by atoms with van der Waals surface area (Å²) >= 11 is 1.65. The van der Waals surface area contributed by atoms with Gasteiger partial charge in [-0.3, -0.25) is 0 Å². The summed E-state index contributed by atoms with van der Waals surface area (Å²) in [4.78, 5) is 1.12. The van der Waals surface area contributed by atoms with Gasteiger partial charge in [-0.1, -0.05) is 38.0 Å². The van der Waals surface area contributed by atoms with Crippen LogP contribution in [0.15, 0.2) is 48.4 Å². The molecule has 0 radical (unpaired) electrons. The van der Waals surface area contributed by atoms with E-state index in [2.05, 4.69) is 19.7 Å². The Kier molecular flexibility index (Phi) is 4.77. The van der Waals surface area contributed by atoms with Crippen LogP contribution in [0.25, 0.3) is 0 Å². The standard InChI is InChI=1S/C9H12S/c1-5-8(6-2)9(7-3)10-4/h5-7H,1-3H2,4H3. The molecular formula is C9H12S. The zero-order chi connectivity index (χ0) is 7.98. The van der Waals surface area contributed by atoms with Gasteiger partial charge in [0.15, 0.2) is 0 Å². The molecule has 0 atom stereocenters. The van der Waals surface area contributed by atoms with E-state index in [1.54, 1.807) is 23.9 Å². The third kappa shape index (κ3) is 2.28. The lowest BCUT2D eigenvalue weighted by molar-refractivity contribution is 1.70. The van der Waals surface area contributed by atoms with E-state index in [-0.39, 0.29) is 0 Å². The van der Waals surface area contributed by atoms with E-state index in [4.69, 9.17) is 0 Å². The molecule has 10 heavy (non-hydrogen) atoms. The fourth-order valence-electron chi connectivity index (χ4n) is 0.604. The van der Waals surface area contributed by atoms with Crippen molar-refractivity contribution in [3.63, 3.8) is 0 Å². The Bertz CT molecular complexity index is 165. The molecule has 0 nitrogen and oxygen atoms in total. The van der Waals surface area contributed by atoms with Crippen molar-refractivity contribution in [3.05, 3.63) is 48.4 Å². The van der Waals surface area contributed by atoms with E-state index in [9.17, 15) is 0 Å². The minimum Gasteiger partial charge on any atom is -0.129 e. The van der Waals surface area contributed by atoms with Crippen LogP contribution in [0.1, 0.15) is 0 Å². The molecule has 0 N–H and O–H groups in total. The van der Waals surface area contributed by atoms with Crippen molar-refractivity contribution in [1.82, 2.24) is 0 Å². The molecule has 0 unspecified atom stereocenters. The highest BCUT2D eigenvalue weighted by Gasteiger charge is 1.91. The van der Waals surface area contributed by atoms with Gasteiger partial charge in [-0.2, -0.15) is 0 Å².